The number of nitrogens with two attached hydrogens (primary N) is 1. The summed E-state index contributed by atoms with van der Waals surface area (Å²) in [7, 11) is 1.33. The second-order valence-electron chi connectivity index (χ2n) is 5.66. The van der Waals surface area contributed by atoms with E-state index in [2.05, 4.69) is 11.7 Å². The van der Waals surface area contributed by atoms with E-state index in [-0.39, 0.29) is 12.5 Å². The maximum Gasteiger partial charge on any atom is 0.325 e. The minimum atomic E-state index is -0.805. The predicted octanol–water partition coefficient (Wildman–Crippen LogP) is 1.31. The van der Waals surface area contributed by atoms with Crippen LogP contribution in [0.2, 0.25) is 0 Å². The lowest BCUT2D eigenvalue weighted by atomic mass is 9.76. The fourth-order valence-electron chi connectivity index (χ4n) is 2.84. The zero-order chi connectivity index (χ0) is 14.5. The summed E-state index contributed by atoms with van der Waals surface area (Å²) in [5, 5.41) is 0. The SMILES string of the molecule is CCCN(CC(=O)OC)C(=O)C1(N)CCCC(C)C1. The Morgan fingerprint density at radius 1 is 1.47 bits per heavy atom. The highest BCUT2D eigenvalue weighted by molar-refractivity contribution is 5.89. The maximum atomic E-state index is 12.6. The minimum absolute atomic E-state index is 0.00347. The molecule has 5 nitrogen and oxygen atoms in total. The second kappa shape index (κ2) is 6.89. The normalized spacial score (nSPS) is 26.8. The highest BCUT2D eigenvalue weighted by atomic mass is 16.5. The van der Waals surface area contributed by atoms with Crippen LogP contribution >= 0.6 is 0 Å². The number of methoxy groups -OCH3 is 1. The predicted molar refractivity (Wildman–Crippen MR) is 73.4 cm³/mol. The van der Waals surface area contributed by atoms with Crippen molar-refractivity contribution in [2.75, 3.05) is 20.2 Å². The number of nitrogens with zero attached hydrogens (tertiary/aromatic N) is 1. The molecule has 1 aliphatic carbocycles. The highest BCUT2D eigenvalue weighted by Gasteiger charge is 2.40. The van der Waals surface area contributed by atoms with Crippen molar-refractivity contribution < 1.29 is 14.3 Å². The summed E-state index contributed by atoms with van der Waals surface area (Å²) >= 11 is 0. The monoisotopic (exact) mass is 270 g/mol. The van der Waals surface area contributed by atoms with E-state index in [0.717, 1.165) is 19.3 Å². The summed E-state index contributed by atoms with van der Waals surface area (Å²) in [5.41, 5.74) is 5.49. The number of hydrogen-bond donors (Lipinski definition) is 1. The molecule has 0 aliphatic heterocycles. The minimum Gasteiger partial charge on any atom is -0.468 e. The average Bonchev–Trinajstić information content (AvgIpc) is 2.36. The lowest BCUT2D eigenvalue weighted by Gasteiger charge is -2.38. The number of ether oxygens (including phenoxy) is 1. The van der Waals surface area contributed by atoms with Gasteiger partial charge in [-0.25, -0.2) is 0 Å². The molecule has 0 heterocycles. The van der Waals surface area contributed by atoms with Crippen LogP contribution in [-0.2, 0) is 14.3 Å². The molecule has 0 bridgehead atoms. The van der Waals surface area contributed by atoms with Crippen molar-refractivity contribution in [1.29, 1.82) is 0 Å². The second-order valence-corrected chi connectivity index (χ2v) is 5.66. The Bertz CT molecular complexity index is 333. The van der Waals surface area contributed by atoms with Crippen molar-refractivity contribution in [3.05, 3.63) is 0 Å². The first kappa shape index (κ1) is 16.0. The van der Waals surface area contributed by atoms with Gasteiger partial charge in [0.25, 0.3) is 0 Å². The quantitative estimate of drug-likeness (QED) is 0.764. The van der Waals surface area contributed by atoms with Crippen molar-refractivity contribution in [2.45, 2.75) is 51.5 Å². The van der Waals surface area contributed by atoms with E-state index in [1.54, 1.807) is 4.90 Å². The first-order valence-corrected chi connectivity index (χ1v) is 7.08. The number of amides is 1. The molecule has 2 N–H and O–H groups in total. The summed E-state index contributed by atoms with van der Waals surface area (Å²) < 4.78 is 4.64. The fraction of sp³-hybridized carbons (Fsp3) is 0.857. The molecule has 0 aromatic heterocycles. The lowest BCUT2D eigenvalue weighted by molar-refractivity contribution is -0.150. The molecule has 0 aromatic rings. The average molecular weight is 270 g/mol. The summed E-state index contributed by atoms with van der Waals surface area (Å²) in [5.74, 6) is -0.0372. The van der Waals surface area contributed by atoms with Gasteiger partial charge in [-0.15, -0.1) is 0 Å². The molecule has 0 spiro atoms. The Hall–Kier alpha value is -1.10. The van der Waals surface area contributed by atoms with Crippen LogP contribution in [0.4, 0.5) is 0 Å². The summed E-state index contributed by atoms with van der Waals surface area (Å²) in [4.78, 5) is 25.5. The molecular weight excluding hydrogens is 244 g/mol. The topological polar surface area (TPSA) is 72.6 Å². The summed E-state index contributed by atoms with van der Waals surface area (Å²) in [6.07, 6.45) is 4.30. The highest BCUT2D eigenvalue weighted by Crippen LogP contribution is 2.31. The molecule has 0 saturated heterocycles. The molecular formula is C14H26N2O3. The number of carbonyl (C=O) groups is 2. The largest absolute Gasteiger partial charge is 0.468 e. The summed E-state index contributed by atoms with van der Waals surface area (Å²) in [6.45, 7) is 4.64. The van der Waals surface area contributed by atoms with Crippen molar-refractivity contribution in [1.82, 2.24) is 4.90 Å². The smallest absolute Gasteiger partial charge is 0.325 e. The first-order valence-electron chi connectivity index (χ1n) is 7.08. The number of rotatable bonds is 5. The van der Waals surface area contributed by atoms with Crippen LogP contribution < -0.4 is 5.73 Å². The fourth-order valence-corrected chi connectivity index (χ4v) is 2.84. The number of hydrogen-bond acceptors (Lipinski definition) is 4. The van der Waals surface area contributed by atoms with E-state index in [4.69, 9.17) is 5.73 Å². The lowest BCUT2D eigenvalue weighted by Crippen LogP contribution is -2.58. The van der Waals surface area contributed by atoms with Crippen molar-refractivity contribution in [2.24, 2.45) is 11.7 Å². The third-order valence-electron chi connectivity index (χ3n) is 3.79. The Morgan fingerprint density at radius 3 is 2.68 bits per heavy atom. The van der Waals surface area contributed by atoms with Gasteiger partial charge in [-0.2, -0.15) is 0 Å². The zero-order valence-electron chi connectivity index (χ0n) is 12.3. The number of esters is 1. The Balaban J connectivity index is 2.76. The van der Waals surface area contributed by atoms with Crippen molar-refractivity contribution in [3.63, 3.8) is 0 Å². The van der Waals surface area contributed by atoms with Crippen molar-refractivity contribution >= 4 is 11.9 Å². The molecule has 2 atom stereocenters. The Labute approximate surface area is 115 Å². The van der Waals surface area contributed by atoms with Crippen LogP contribution in [-0.4, -0.2) is 42.5 Å². The standard InChI is InChI=1S/C14H26N2O3/c1-4-8-16(10-12(17)19-3)13(18)14(15)7-5-6-11(2)9-14/h11H,4-10,15H2,1-3H3. The van der Waals surface area contributed by atoms with E-state index < -0.39 is 11.5 Å². The van der Waals surface area contributed by atoms with Crippen LogP contribution in [0, 0.1) is 5.92 Å². The van der Waals surface area contributed by atoms with Crippen LogP contribution in [0.3, 0.4) is 0 Å². The molecule has 0 aromatic carbocycles. The van der Waals surface area contributed by atoms with Gasteiger partial charge >= 0.3 is 5.97 Å². The van der Waals surface area contributed by atoms with Gasteiger partial charge in [0.1, 0.15) is 6.54 Å². The Kier molecular flexibility index (Phi) is 5.79. The molecule has 5 heteroatoms. The van der Waals surface area contributed by atoms with Crippen molar-refractivity contribution in [3.8, 4) is 0 Å². The van der Waals surface area contributed by atoms with Gasteiger partial charge in [-0.05, 0) is 25.2 Å². The molecule has 1 fully saturated rings. The van der Waals surface area contributed by atoms with Gasteiger partial charge in [-0.3, -0.25) is 9.59 Å². The zero-order valence-corrected chi connectivity index (χ0v) is 12.3. The molecule has 110 valence electrons. The Morgan fingerprint density at radius 2 is 2.16 bits per heavy atom. The summed E-state index contributed by atoms with van der Waals surface area (Å²) in [6, 6.07) is 0. The molecule has 2 unspecified atom stereocenters. The van der Waals surface area contributed by atoms with Gasteiger partial charge < -0.3 is 15.4 Å². The maximum absolute atomic E-state index is 12.6. The molecule has 1 rings (SSSR count). The van der Waals surface area contributed by atoms with Gasteiger partial charge in [0, 0.05) is 6.54 Å². The van der Waals surface area contributed by atoms with E-state index in [1.807, 2.05) is 6.92 Å². The van der Waals surface area contributed by atoms with Crippen LogP contribution in [0.15, 0.2) is 0 Å². The van der Waals surface area contributed by atoms with E-state index >= 15 is 0 Å². The molecule has 1 amide bonds. The van der Waals surface area contributed by atoms with Gasteiger partial charge in [-0.1, -0.05) is 26.7 Å². The van der Waals surface area contributed by atoms with E-state index in [9.17, 15) is 9.59 Å². The molecule has 1 aliphatic rings. The van der Waals surface area contributed by atoms with Crippen LogP contribution in [0.25, 0.3) is 0 Å². The van der Waals surface area contributed by atoms with Crippen LogP contribution in [0.5, 0.6) is 0 Å². The number of carbonyl (C=O) groups excluding carboxylic acids is 2. The van der Waals surface area contributed by atoms with Gasteiger partial charge in [0.2, 0.25) is 5.91 Å². The van der Waals surface area contributed by atoms with E-state index in [1.165, 1.54) is 7.11 Å². The van der Waals surface area contributed by atoms with Gasteiger partial charge in [0.15, 0.2) is 0 Å². The first-order chi connectivity index (χ1) is 8.92. The van der Waals surface area contributed by atoms with E-state index in [0.29, 0.717) is 25.3 Å². The molecule has 1 saturated carbocycles. The molecule has 19 heavy (non-hydrogen) atoms. The van der Waals surface area contributed by atoms with Crippen LogP contribution in [0.1, 0.15) is 46.0 Å². The third-order valence-corrected chi connectivity index (χ3v) is 3.79. The molecule has 0 radical (unpaired) electrons. The van der Waals surface area contributed by atoms with Gasteiger partial charge in [0.05, 0.1) is 12.6 Å². The third kappa shape index (κ3) is 4.20.